The zero-order valence-electron chi connectivity index (χ0n) is 25.5. The number of carbonyl (C=O) groups is 1. The van der Waals surface area contributed by atoms with Crippen LogP contribution in [0.25, 0.3) is 0 Å². The molecule has 0 radical (unpaired) electrons. The highest BCUT2D eigenvalue weighted by atomic mass is 16.6. The molecule has 6 fully saturated rings. The number of esters is 1. The number of fused-ring (bicyclic) bond motifs is 2. The summed E-state index contributed by atoms with van der Waals surface area (Å²) in [5.74, 6) is -2.94. The molecule has 0 amide bonds. The van der Waals surface area contributed by atoms with Gasteiger partial charge in [-0.15, -0.1) is 0 Å². The minimum atomic E-state index is -1.86. The Morgan fingerprint density at radius 2 is 1.72 bits per heavy atom. The molecule has 7 bridgehead atoms. The van der Waals surface area contributed by atoms with Gasteiger partial charge in [0, 0.05) is 76.0 Å². The predicted molar refractivity (Wildman–Crippen MR) is 151 cm³/mol. The van der Waals surface area contributed by atoms with E-state index in [-0.39, 0.29) is 25.0 Å². The van der Waals surface area contributed by atoms with Gasteiger partial charge in [-0.3, -0.25) is 4.90 Å². The number of methoxy groups -OCH3 is 4. The monoisotopic (exact) mass is 603 g/mol. The molecule has 0 aromatic heterocycles. The van der Waals surface area contributed by atoms with Crippen LogP contribution >= 0.6 is 0 Å². The summed E-state index contributed by atoms with van der Waals surface area (Å²) in [6.45, 7) is 3.46. The number of nitrogens with zero attached hydrogens (tertiary/aromatic N) is 1. The van der Waals surface area contributed by atoms with E-state index in [1.54, 1.807) is 51.7 Å². The number of benzene rings is 1. The van der Waals surface area contributed by atoms with Gasteiger partial charge in [0.15, 0.2) is 0 Å². The van der Waals surface area contributed by atoms with E-state index in [9.17, 15) is 25.2 Å². The smallest absolute Gasteiger partial charge is 0.338 e. The summed E-state index contributed by atoms with van der Waals surface area (Å²) < 4.78 is 30.5. The van der Waals surface area contributed by atoms with Gasteiger partial charge in [0.1, 0.15) is 29.5 Å². The summed E-state index contributed by atoms with van der Waals surface area (Å²) in [7, 11) is 6.29. The molecule has 43 heavy (non-hydrogen) atoms. The summed E-state index contributed by atoms with van der Waals surface area (Å²) in [5.41, 5.74) is -4.81. The molecule has 5 aliphatic carbocycles. The summed E-state index contributed by atoms with van der Waals surface area (Å²) >= 11 is 0. The van der Waals surface area contributed by atoms with Crippen molar-refractivity contribution in [2.45, 2.75) is 73.6 Å². The van der Waals surface area contributed by atoms with Gasteiger partial charge in [0.2, 0.25) is 0 Å². The Balaban J connectivity index is 1.48. The lowest BCUT2D eigenvalue weighted by Crippen LogP contribution is -2.81. The average Bonchev–Trinajstić information content (AvgIpc) is 3.39. The molecule has 15 atom stereocenters. The van der Waals surface area contributed by atoms with Crippen LogP contribution in [0.15, 0.2) is 30.3 Å². The van der Waals surface area contributed by atoms with Gasteiger partial charge in [-0.05, 0) is 31.0 Å². The lowest BCUT2D eigenvalue weighted by Gasteiger charge is -2.70. The molecular weight excluding hydrogens is 558 g/mol. The van der Waals surface area contributed by atoms with Crippen molar-refractivity contribution in [1.29, 1.82) is 0 Å². The lowest BCUT2D eigenvalue weighted by atomic mass is 9.42. The number of aliphatic hydroxyl groups excluding tert-OH is 2. The molecule has 4 unspecified atom stereocenters. The number of ether oxygens (including phenoxy) is 5. The molecule has 7 rings (SSSR count). The van der Waals surface area contributed by atoms with Crippen LogP contribution in [0.2, 0.25) is 0 Å². The number of carbonyl (C=O) groups excluding carboxylic acids is 1. The minimum Gasteiger partial charge on any atom is -0.455 e. The van der Waals surface area contributed by atoms with Crippen LogP contribution in [0, 0.1) is 34.5 Å². The first-order chi connectivity index (χ1) is 20.6. The SMILES string of the molecule is CCN1C[C@]2(COC)[C@H](O)CC(OC)C34C1C([C@H](OC)[C@@H]32)[C@]1(O)[C@@H]2[C@H]4C[C@](O)([C@@H]2OC(=O)c2ccccc2)[C@@H](OC)[C@@H]1O. The highest BCUT2D eigenvalue weighted by Gasteiger charge is 2.91. The van der Waals surface area contributed by atoms with Crippen LogP contribution in [-0.4, -0.2) is 133 Å². The quantitative estimate of drug-likeness (QED) is 0.300. The van der Waals surface area contributed by atoms with Crippen molar-refractivity contribution >= 4 is 5.97 Å². The van der Waals surface area contributed by atoms with Gasteiger partial charge >= 0.3 is 5.97 Å². The summed E-state index contributed by atoms with van der Waals surface area (Å²) in [6.07, 6.45) is -5.27. The summed E-state index contributed by atoms with van der Waals surface area (Å²) in [5, 5.41) is 49.7. The molecule has 1 aromatic carbocycles. The van der Waals surface area contributed by atoms with Crippen molar-refractivity contribution in [2.75, 3.05) is 48.1 Å². The molecule has 1 aliphatic heterocycles. The van der Waals surface area contributed by atoms with Crippen LogP contribution in [0.4, 0.5) is 0 Å². The van der Waals surface area contributed by atoms with Crippen molar-refractivity contribution in [3.05, 3.63) is 35.9 Å². The van der Waals surface area contributed by atoms with Crippen LogP contribution < -0.4 is 0 Å². The molecule has 238 valence electrons. The van der Waals surface area contributed by atoms with Crippen LogP contribution in [0.5, 0.6) is 0 Å². The predicted octanol–water partition coefficient (Wildman–Crippen LogP) is 0.0773. The Morgan fingerprint density at radius 1 is 1.00 bits per heavy atom. The second kappa shape index (κ2) is 9.91. The second-order valence-electron chi connectivity index (χ2n) is 13.9. The topological polar surface area (TPSA) is 147 Å². The molecule has 1 saturated heterocycles. The van der Waals surface area contributed by atoms with Gasteiger partial charge in [0.05, 0.1) is 30.5 Å². The van der Waals surface area contributed by atoms with E-state index in [2.05, 4.69) is 11.8 Å². The second-order valence-corrected chi connectivity index (χ2v) is 13.9. The Morgan fingerprint density at radius 3 is 2.33 bits per heavy atom. The Bertz CT molecular complexity index is 1250. The highest BCUT2D eigenvalue weighted by molar-refractivity contribution is 5.89. The molecule has 6 aliphatic rings. The van der Waals surface area contributed by atoms with Crippen LogP contribution in [0.1, 0.15) is 30.1 Å². The Kier molecular flexibility index (Phi) is 6.92. The number of hydrogen-bond donors (Lipinski definition) is 4. The molecule has 1 spiro atoms. The lowest BCUT2D eigenvalue weighted by molar-refractivity contribution is -0.320. The molecular formula is C32H45NO10. The van der Waals surface area contributed by atoms with Crippen molar-refractivity contribution in [2.24, 2.45) is 34.5 Å². The van der Waals surface area contributed by atoms with Crippen LogP contribution in [0.3, 0.4) is 0 Å². The zero-order valence-corrected chi connectivity index (χ0v) is 25.5. The van der Waals surface area contributed by atoms with Crippen molar-refractivity contribution in [3.8, 4) is 0 Å². The minimum absolute atomic E-state index is 0.106. The maximum Gasteiger partial charge on any atom is 0.338 e. The van der Waals surface area contributed by atoms with Crippen molar-refractivity contribution < 1.29 is 48.9 Å². The third-order valence-electron chi connectivity index (χ3n) is 12.9. The first-order valence-electron chi connectivity index (χ1n) is 15.5. The van der Waals surface area contributed by atoms with Crippen LogP contribution in [-0.2, 0) is 23.7 Å². The summed E-state index contributed by atoms with van der Waals surface area (Å²) in [4.78, 5) is 15.8. The molecule has 11 nitrogen and oxygen atoms in total. The maximum atomic E-state index is 13.6. The van der Waals surface area contributed by atoms with E-state index in [1.807, 2.05) is 0 Å². The standard InChI is InChI=1S/C32H45NO10/c1-6-33-14-29(15-39-2)18(34)12-19(40-3)31-17-13-30(37)26(43-28(36)16-10-8-7-9-11-16)20(17)32(38,25(35)27(30)42-5)21(24(31)33)22(41-4)23(29)31/h7-11,17-27,34-35,37-38H,6,12-15H2,1-5H3/t17-,18-,19?,20-,21?,22+,23-,24?,25+,26-,27+,29+,30+,31?,32-/m1/s1. The van der Waals surface area contributed by atoms with E-state index in [1.165, 1.54) is 7.11 Å². The molecule has 4 N–H and O–H groups in total. The molecule has 11 heteroatoms. The van der Waals surface area contributed by atoms with Gasteiger partial charge < -0.3 is 44.1 Å². The largest absolute Gasteiger partial charge is 0.455 e. The molecule has 1 heterocycles. The van der Waals surface area contributed by atoms with Gasteiger partial charge in [-0.2, -0.15) is 0 Å². The van der Waals surface area contributed by atoms with Gasteiger partial charge in [-0.1, -0.05) is 25.1 Å². The number of aliphatic hydroxyl groups is 4. The fourth-order valence-electron chi connectivity index (χ4n) is 11.9. The number of likely N-dealkylation sites (tertiary alicyclic amines) is 1. The average molecular weight is 604 g/mol. The van der Waals surface area contributed by atoms with Gasteiger partial charge in [-0.25, -0.2) is 4.79 Å². The first-order valence-corrected chi connectivity index (χ1v) is 15.5. The number of piperidine rings is 1. The van der Waals surface area contributed by atoms with E-state index >= 15 is 0 Å². The fraction of sp³-hybridized carbons (Fsp3) is 0.781. The Labute approximate surface area is 252 Å². The highest BCUT2D eigenvalue weighted by Crippen LogP contribution is 2.80. The molecule has 1 aromatic rings. The maximum absolute atomic E-state index is 13.6. The first kappa shape index (κ1) is 30.0. The summed E-state index contributed by atoms with van der Waals surface area (Å²) in [6, 6.07) is 8.25. The fourth-order valence-corrected chi connectivity index (χ4v) is 11.9. The third-order valence-corrected chi connectivity index (χ3v) is 12.9. The zero-order chi connectivity index (χ0) is 30.7. The van der Waals surface area contributed by atoms with E-state index in [0.29, 0.717) is 25.1 Å². The van der Waals surface area contributed by atoms with Crippen molar-refractivity contribution in [3.63, 3.8) is 0 Å². The number of rotatable bonds is 8. The molecule has 5 saturated carbocycles. The van der Waals surface area contributed by atoms with E-state index in [0.717, 1.165) is 0 Å². The third kappa shape index (κ3) is 3.28. The van der Waals surface area contributed by atoms with Crippen molar-refractivity contribution in [1.82, 2.24) is 4.90 Å². The Hall–Kier alpha value is -1.67. The van der Waals surface area contributed by atoms with E-state index < -0.39 is 82.4 Å². The van der Waals surface area contributed by atoms with Gasteiger partial charge in [0.25, 0.3) is 0 Å². The normalized spacial score (nSPS) is 52.7. The number of hydrogen-bond acceptors (Lipinski definition) is 11. The van der Waals surface area contributed by atoms with E-state index in [4.69, 9.17) is 23.7 Å².